The lowest BCUT2D eigenvalue weighted by Crippen LogP contribution is -2.27. The predicted octanol–water partition coefficient (Wildman–Crippen LogP) is 7.06. The minimum atomic E-state index is -4.47. The van der Waals surface area contributed by atoms with Crippen LogP contribution in [0.1, 0.15) is 58.1 Å². The third kappa shape index (κ3) is 4.92. The van der Waals surface area contributed by atoms with E-state index in [4.69, 9.17) is 0 Å². The van der Waals surface area contributed by atoms with Gasteiger partial charge in [0.1, 0.15) is 0 Å². The van der Waals surface area contributed by atoms with Gasteiger partial charge in [0.25, 0.3) is 10.0 Å². The second kappa shape index (κ2) is 8.56. The zero-order valence-electron chi connectivity index (χ0n) is 19.8. The molecule has 1 fully saturated rings. The maximum absolute atomic E-state index is 13.6. The standard InChI is InChI=1S/C26H29F3N2O2S/c1-17(30-34(32,33)19-8-7-9-19)22-15-31(16-25(2,3)4)24-14-18(12-13-21(22)24)20-10-5-6-11-23(20)26(27,28)29/h5-6,10-15,19H,7-9,16H2,1-4H3/b30-17+. The van der Waals surface area contributed by atoms with Gasteiger partial charge in [-0.3, -0.25) is 0 Å². The minimum absolute atomic E-state index is 0.105. The molecule has 0 N–H and O–H groups in total. The molecule has 0 saturated heterocycles. The van der Waals surface area contributed by atoms with Crippen molar-refractivity contribution in [2.45, 2.75) is 64.9 Å². The highest BCUT2D eigenvalue weighted by Gasteiger charge is 2.34. The van der Waals surface area contributed by atoms with Crippen LogP contribution in [0.25, 0.3) is 22.0 Å². The maximum Gasteiger partial charge on any atom is 0.417 e. The molecule has 0 atom stereocenters. The topological polar surface area (TPSA) is 51.4 Å². The van der Waals surface area contributed by atoms with Crippen molar-refractivity contribution in [3.63, 3.8) is 0 Å². The van der Waals surface area contributed by atoms with E-state index >= 15 is 0 Å². The molecule has 1 aromatic heterocycles. The molecule has 34 heavy (non-hydrogen) atoms. The van der Waals surface area contributed by atoms with Gasteiger partial charge in [-0.05, 0) is 48.4 Å². The van der Waals surface area contributed by atoms with Crippen LogP contribution < -0.4 is 0 Å². The number of fused-ring (bicyclic) bond motifs is 1. The van der Waals surface area contributed by atoms with E-state index in [-0.39, 0.29) is 11.0 Å². The van der Waals surface area contributed by atoms with Gasteiger partial charge in [-0.25, -0.2) is 8.42 Å². The van der Waals surface area contributed by atoms with E-state index in [1.165, 1.54) is 12.1 Å². The first-order chi connectivity index (χ1) is 15.8. The number of hydrogen-bond donors (Lipinski definition) is 0. The Morgan fingerprint density at radius 3 is 2.35 bits per heavy atom. The molecule has 8 heteroatoms. The number of sulfonamides is 1. The van der Waals surface area contributed by atoms with E-state index in [0.29, 0.717) is 36.2 Å². The van der Waals surface area contributed by atoms with Gasteiger partial charge in [-0.15, -0.1) is 0 Å². The average Bonchev–Trinajstić information content (AvgIpc) is 3.01. The summed E-state index contributed by atoms with van der Waals surface area (Å²) in [4.78, 5) is 0. The van der Waals surface area contributed by atoms with E-state index in [0.717, 1.165) is 23.4 Å². The number of aromatic nitrogens is 1. The quantitative estimate of drug-likeness (QED) is 0.359. The molecule has 1 aliphatic rings. The molecule has 2 aromatic carbocycles. The molecule has 4 nitrogen and oxygen atoms in total. The van der Waals surface area contributed by atoms with E-state index in [2.05, 4.69) is 25.2 Å². The third-order valence-corrected chi connectivity index (χ3v) is 8.04. The van der Waals surface area contributed by atoms with Crippen LogP contribution in [0, 0.1) is 5.41 Å². The molecule has 0 amide bonds. The first-order valence-electron chi connectivity index (χ1n) is 11.4. The van der Waals surface area contributed by atoms with Gasteiger partial charge in [-0.1, -0.05) is 57.5 Å². The zero-order chi connectivity index (χ0) is 24.9. The van der Waals surface area contributed by atoms with Gasteiger partial charge in [0.05, 0.1) is 16.5 Å². The first-order valence-corrected chi connectivity index (χ1v) is 12.9. The predicted molar refractivity (Wildman–Crippen MR) is 131 cm³/mol. The Bertz CT molecular complexity index is 1360. The molecule has 3 aromatic rings. The van der Waals surface area contributed by atoms with Crippen molar-refractivity contribution in [3.8, 4) is 11.1 Å². The van der Waals surface area contributed by atoms with E-state index in [9.17, 15) is 21.6 Å². The van der Waals surface area contributed by atoms with Crippen LogP contribution in [0.5, 0.6) is 0 Å². The summed E-state index contributed by atoms with van der Waals surface area (Å²) in [6, 6.07) is 10.7. The highest BCUT2D eigenvalue weighted by molar-refractivity contribution is 7.91. The fourth-order valence-corrected chi connectivity index (χ4v) is 5.91. The average molecular weight is 491 g/mol. The van der Waals surface area contributed by atoms with Crippen LogP contribution in [-0.4, -0.2) is 23.9 Å². The van der Waals surface area contributed by atoms with Crippen molar-refractivity contribution in [2.75, 3.05) is 0 Å². The van der Waals surface area contributed by atoms with Crippen LogP contribution in [0.4, 0.5) is 13.2 Å². The molecule has 182 valence electrons. The molecule has 4 rings (SSSR count). The lowest BCUT2D eigenvalue weighted by Gasteiger charge is -2.22. The molecule has 0 radical (unpaired) electrons. The Morgan fingerprint density at radius 2 is 1.76 bits per heavy atom. The summed E-state index contributed by atoms with van der Waals surface area (Å²) in [7, 11) is -3.58. The highest BCUT2D eigenvalue weighted by atomic mass is 32.2. The molecule has 1 saturated carbocycles. The first kappa shape index (κ1) is 24.5. The van der Waals surface area contributed by atoms with Gasteiger partial charge in [-0.2, -0.15) is 17.6 Å². The third-order valence-electron chi connectivity index (χ3n) is 6.20. The molecule has 0 bridgehead atoms. The fraction of sp³-hybridized carbons (Fsp3) is 0.423. The van der Waals surface area contributed by atoms with Crippen molar-refractivity contribution in [3.05, 3.63) is 59.8 Å². The van der Waals surface area contributed by atoms with Crippen LogP contribution in [-0.2, 0) is 22.7 Å². The van der Waals surface area contributed by atoms with Crippen molar-refractivity contribution in [2.24, 2.45) is 9.81 Å². The Labute approximate surface area is 198 Å². The molecular formula is C26H29F3N2O2S. The van der Waals surface area contributed by atoms with Gasteiger partial charge in [0, 0.05) is 29.2 Å². The fourth-order valence-electron chi connectivity index (χ4n) is 4.35. The minimum Gasteiger partial charge on any atom is -0.346 e. The molecule has 1 aliphatic carbocycles. The highest BCUT2D eigenvalue weighted by Crippen LogP contribution is 2.38. The summed E-state index contributed by atoms with van der Waals surface area (Å²) in [6.07, 6.45) is -0.445. The van der Waals surface area contributed by atoms with Crippen molar-refractivity contribution in [1.82, 2.24) is 4.57 Å². The summed E-state index contributed by atoms with van der Waals surface area (Å²) in [5.74, 6) is 0. The lowest BCUT2D eigenvalue weighted by atomic mass is 9.96. The molecule has 0 spiro atoms. The summed E-state index contributed by atoms with van der Waals surface area (Å²) >= 11 is 0. The Balaban J connectivity index is 1.88. The van der Waals surface area contributed by atoms with Gasteiger partial charge < -0.3 is 4.57 Å². The maximum atomic E-state index is 13.6. The van der Waals surface area contributed by atoms with E-state index in [1.807, 2.05) is 10.8 Å². The van der Waals surface area contributed by atoms with Crippen molar-refractivity contribution >= 4 is 26.6 Å². The van der Waals surface area contributed by atoms with E-state index in [1.54, 1.807) is 31.2 Å². The van der Waals surface area contributed by atoms with Gasteiger partial charge in [0.2, 0.25) is 0 Å². The second-order valence-electron chi connectivity index (χ2n) is 10.3. The number of hydrogen-bond acceptors (Lipinski definition) is 2. The number of rotatable bonds is 5. The van der Waals surface area contributed by atoms with Gasteiger partial charge in [0.15, 0.2) is 0 Å². The van der Waals surface area contributed by atoms with Crippen LogP contribution in [0.3, 0.4) is 0 Å². The summed E-state index contributed by atoms with van der Waals surface area (Å²) in [5.41, 5.74) is 1.59. The normalized spacial score (nSPS) is 16.1. The number of benzene rings is 2. The molecular weight excluding hydrogens is 461 g/mol. The summed E-state index contributed by atoms with van der Waals surface area (Å²) < 4.78 is 72.3. The largest absolute Gasteiger partial charge is 0.417 e. The smallest absolute Gasteiger partial charge is 0.346 e. The SMILES string of the molecule is C/C(=N\S(=O)(=O)C1CCC1)c1cn(CC(C)(C)C)c2cc(-c3ccccc3C(F)(F)F)ccc12. The van der Waals surface area contributed by atoms with Crippen molar-refractivity contribution in [1.29, 1.82) is 0 Å². The van der Waals surface area contributed by atoms with Gasteiger partial charge >= 0.3 is 6.18 Å². The van der Waals surface area contributed by atoms with Crippen molar-refractivity contribution < 1.29 is 21.6 Å². The Hall–Kier alpha value is -2.61. The zero-order valence-corrected chi connectivity index (χ0v) is 20.6. The van der Waals surface area contributed by atoms with Crippen LogP contribution in [0.2, 0.25) is 0 Å². The van der Waals surface area contributed by atoms with Crippen LogP contribution >= 0.6 is 0 Å². The van der Waals surface area contributed by atoms with E-state index < -0.39 is 27.0 Å². The number of nitrogens with zero attached hydrogens (tertiary/aromatic N) is 2. The Morgan fingerprint density at radius 1 is 1.09 bits per heavy atom. The molecule has 1 heterocycles. The Kier molecular flexibility index (Phi) is 6.17. The number of alkyl halides is 3. The second-order valence-corrected chi connectivity index (χ2v) is 12.1. The molecule has 0 unspecified atom stereocenters. The summed E-state index contributed by atoms with van der Waals surface area (Å²) in [6.45, 7) is 8.51. The van der Waals surface area contributed by atoms with Crippen LogP contribution in [0.15, 0.2) is 53.1 Å². The lowest BCUT2D eigenvalue weighted by molar-refractivity contribution is -0.137. The monoisotopic (exact) mass is 490 g/mol. The molecule has 0 aliphatic heterocycles. The summed E-state index contributed by atoms with van der Waals surface area (Å²) in [5, 5.41) is 0.346. The number of halogens is 3.